The summed E-state index contributed by atoms with van der Waals surface area (Å²) in [7, 11) is 0. The van der Waals surface area contributed by atoms with E-state index in [1.54, 1.807) is 0 Å². The number of nitrogens with zero attached hydrogens (tertiary/aromatic N) is 1. The van der Waals surface area contributed by atoms with E-state index >= 15 is 0 Å². The highest BCUT2D eigenvalue weighted by atomic mass is 16.2. The van der Waals surface area contributed by atoms with Crippen molar-refractivity contribution in [2.24, 2.45) is 4.99 Å². The molecule has 1 amide bonds. The minimum atomic E-state index is -0.000460. The van der Waals surface area contributed by atoms with Gasteiger partial charge in [-0.25, -0.2) is 0 Å². The number of rotatable bonds is 2. The lowest BCUT2D eigenvalue weighted by atomic mass is 10.3. The van der Waals surface area contributed by atoms with Gasteiger partial charge < -0.3 is 5.32 Å². The van der Waals surface area contributed by atoms with Gasteiger partial charge in [-0.15, -0.1) is 0 Å². The van der Waals surface area contributed by atoms with E-state index in [2.05, 4.69) is 10.3 Å². The molecule has 1 aliphatic heterocycles. The molecule has 10 heavy (non-hydrogen) atoms. The average molecular weight is 138 g/mol. The molecule has 0 saturated heterocycles. The summed E-state index contributed by atoms with van der Waals surface area (Å²) in [5.74, 6) is 0.780. The van der Waals surface area contributed by atoms with Gasteiger partial charge in [0.2, 0.25) is 5.91 Å². The summed E-state index contributed by atoms with van der Waals surface area (Å²) in [6.45, 7) is 2.24. The van der Waals surface area contributed by atoms with Crippen LogP contribution in [0.3, 0.4) is 0 Å². The van der Waals surface area contributed by atoms with Crippen molar-refractivity contribution >= 4 is 11.7 Å². The predicted molar refractivity (Wildman–Crippen MR) is 39.9 cm³/mol. The maximum atomic E-state index is 10.6. The third kappa shape index (κ3) is 1.69. The van der Waals surface area contributed by atoms with Crippen LogP contribution < -0.4 is 5.32 Å². The van der Waals surface area contributed by atoms with Gasteiger partial charge in [0.1, 0.15) is 12.4 Å². The van der Waals surface area contributed by atoms with Crippen LogP contribution in [0.2, 0.25) is 0 Å². The molecule has 1 N–H and O–H groups in total. The second-order valence-corrected chi connectivity index (χ2v) is 2.08. The Balaban J connectivity index is 2.37. The highest BCUT2D eigenvalue weighted by Crippen LogP contribution is 1.92. The fraction of sp³-hybridized carbons (Fsp3) is 0.429. The molecule has 0 unspecified atom stereocenters. The molecule has 3 nitrogen and oxygen atoms in total. The van der Waals surface area contributed by atoms with Crippen molar-refractivity contribution in [2.75, 3.05) is 6.54 Å². The summed E-state index contributed by atoms with van der Waals surface area (Å²) in [5, 5.41) is 2.65. The van der Waals surface area contributed by atoms with E-state index in [4.69, 9.17) is 0 Å². The molecule has 0 radical (unpaired) electrons. The number of hydrogen-bond acceptors (Lipinski definition) is 2. The van der Waals surface area contributed by atoms with Crippen LogP contribution in [0.5, 0.6) is 0 Å². The molecule has 0 spiro atoms. The number of carbonyl (C=O) groups is 1. The van der Waals surface area contributed by atoms with E-state index in [-0.39, 0.29) is 5.91 Å². The molecule has 0 atom stereocenters. The maximum absolute atomic E-state index is 10.6. The van der Waals surface area contributed by atoms with Crippen molar-refractivity contribution < 1.29 is 4.79 Å². The van der Waals surface area contributed by atoms with Crippen molar-refractivity contribution in [1.82, 2.24) is 5.32 Å². The number of hydrogen-bond donors (Lipinski definition) is 1. The van der Waals surface area contributed by atoms with E-state index in [0.717, 1.165) is 12.3 Å². The summed E-state index contributed by atoms with van der Waals surface area (Å²) < 4.78 is 0. The van der Waals surface area contributed by atoms with Gasteiger partial charge in [0, 0.05) is 6.42 Å². The number of amides is 1. The summed E-state index contributed by atoms with van der Waals surface area (Å²) in [5.41, 5.74) is 0. The molecule has 3 heteroatoms. The van der Waals surface area contributed by atoms with Crippen LogP contribution in [0.15, 0.2) is 17.1 Å². The molecule has 0 bridgehead atoms. The highest BCUT2D eigenvalue weighted by Gasteiger charge is 2.10. The maximum Gasteiger partial charge on any atom is 0.247 e. The first kappa shape index (κ1) is 6.99. The second kappa shape index (κ2) is 3.15. The molecule has 0 aromatic heterocycles. The summed E-state index contributed by atoms with van der Waals surface area (Å²) >= 11 is 0. The Morgan fingerprint density at radius 2 is 2.60 bits per heavy atom. The molecular weight excluding hydrogens is 128 g/mol. The van der Waals surface area contributed by atoms with Crippen LogP contribution in [0, 0.1) is 0 Å². The molecule has 0 aliphatic carbocycles. The summed E-state index contributed by atoms with van der Waals surface area (Å²) in [6.07, 6.45) is 4.64. The van der Waals surface area contributed by atoms with Crippen LogP contribution in [0.4, 0.5) is 0 Å². The molecule has 0 aromatic rings. The average Bonchev–Trinajstić information content (AvgIpc) is 2.31. The molecule has 1 rings (SSSR count). The molecular formula is C7H10N2O. The van der Waals surface area contributed by atoms with E-state index < -0.39 is 0 Å². The zero-order valence-electron chi connectivity index (χ0n) is 5.92. The fourth-order valence-electron chi connectivity index (χ4n) is 0.752. The highest BCUT2D eigenvalue weighted by molar-refractivity contribution is 6.04. The Morgan fingerprint density at radius 3 is 3.10 bits per heavy atom. The van der Waals surface area contributed by atoms with Crippen LogP contribution in [0.25, 0.3) is 0 Å². The van der Waals surface area contributed by atoms with Gasteiger partial charge in [0.05, 0.1) is 0 Å². The number of nitrogens with one attached hydrogen (secondary N) is 1. The molecule has 0 saturated carbocycles. The van der Waals surface area contributed by atoms with E-state index in [1.165, 1.54) is 0 Å². The first-order valence-electron chi connectivity index (χ1n) is 3.27. The van der Waals surface area contributed by atoms with E-state index in [1.807, 2.05) is 19.1 Å². The predicted octanol–water partition coefficient (Wildman–Crippen LogP) is 0.481. The van der Waals surface area contributed by atoms with Gasteiger partial charge in [-0.3, -0.25) is 9.79 Å². The third-order valence-corrected chi connectivity index (χ3v) is 1.24. The Labute approximate surface area is 59.8 Å². The summed E-state index contributed by atoms with van der Waals surface area (Å²) in [4.78, 5) is 14.5. The first-order chi connectivity index (χ1) is 4.83. The Hall–Kier alpha value is -1.12. The van der Waals surface area contributed by atoms with Gasteiger partial charge in [0.15, 0.2) is 0 Å². The van der Waals surface area contributed by atoms with Crippen molar-refractivity contribution in [3.05, 3.63) is 12.2 Å². The largest absolute Gasteiger partial charge is 0.313 e. The number of carbonyl (C=O) groups excluding carboxylic acids is 1. The zero-order valence-corrected chi connectivity index (χ0v) is 5.92. The van der Waals surface area contributed by atoms with Gasteiger partial charge in [-0.1, -0.05) is 12.2 Å². The second-order valence-electron chi connectivity index (χ2n) is 2.08. The van der Waals surface area contributed by atoms with Crippen LogP contribution >= 0.6 is 0 Å². The normalized spacial score (nSPS) is 17.7. The SMILES string of the molecule is C/C=C/CC1=NCC(=O)N1. The van der Waals surface area contributed by atoms with Crippen molar-refractivity contribution in [1.29, 1.82) is 0 Å². The minimum Gasteiger partial charge on any atom is -0.313 e. The Kier molecular flexibility index (Phi) is 2.20. The molecule has 54 valence electrons. The van der Waals surface area contributed by atoms with E-state index in [9.17, 15) is 4.79 Å². The monoisotopic (exact) mass is 138 g/mol. The smallest absolute Gasteiger partial charge is 0.247 e. The first-order valence-corrected chi connectivity index (χ1v) is 3.27. The Morgan fingerprint density at radius 1 is 1.80 bits per heavy atom. The topological polar surface area (TPSA) is 41.5 Å². The van der Waals surface area contributed by atoms with Crippen LogP contribution in [-0.2, 0) is 4.79 Å². The molecule has 0 aromatic carbocycles. The molecule has 1 aliphatic rings. The quantitative estimate of drug-likeness (QED) is 0.554. The third-order valence-electron chi connectivity index (χ3n) is 1.24. The van der Waals surface area contributed by atoms with Gasteiger partial charge in [-0.05, 0) is 6.92 Å². The lowest BCUT2D eigenvalue weighted by Crippen LogP contribution is -2.23. The molecule has 1 heterocycles. The zero-order chi connectivity index (χ0) is 7.40. The number of amidine groups is 1. The van der Waals surface area contributed by atoms with Crippen LogP contribution in [-0.4, -0.2) is 18.3 Å². The standard InChI is InChI=1S/C7H10N2O/c1-2-3-4-6-8-5-7(10)9-6/h2-3H,4-5H2,1H3,(H,8,9,10)/b3-2+. The van der Waals surface area contributed by atoms with Crippen molar-refractivity contribution in [3.63, 3.8) is 0 Å². The summed E-state index contributed by atoms with van der Waals surface area (Å²) in [6, 6.07) is 0. The van der Waals surface area contributed by atoms with Gasteiger partial charge >= 0.3 is 0 Å². The number of aliphatic imine (C=N–C) groups is 1. The lowest BCUT2D eigenvalue weighted by Gasteiger charge is -1.92. The fourth-order valence-corrected chi connectivity index (χ4v) is 0.752. The lowest BCUT2D eigenvalue weighted by molar-refractivity contribution is -0.117. The Bertz CT molecular complexity index is 194. The van der Waals surface area contributed by atoms with Gasteiger partial charge in [0.25, 0.3) is 0 Å². The molecule has 0 fully saturated rings. The van der Waals surface area contributed by atoms with Crippen molar-refractivity contribution in [3.8, 4) is 0 Å². The van der Waals surface area contributed by atoms with E-state index in [0.29, 0.717) is 6.54 Å². The van der Waals surface area contributed by atoms with Gasteiger partial charge in [-0.2, -0.15) is 0 Å². The number of allylic oxidation sites excluding steroid dienone is 1. The minimum absolute atomic E-state index is 0.000460. The van der Waals surface area contributed by atoms with Crippen molar-refractivity contribution in [2.45, 2.75) is 13.3 Å². The van der Waals surface area contributed by atoms with Crippen LogP contribution in [0.1, 0.15) is 13.3 Å².